The van der Waals surface area contributed by atoms with Crippen molar-refractivity contribution in [3.63, 3.8) is 0 Å². The fraction of sp³-hybridized carbons (Fsp3) is 0.462. The van der Waals surface area contributed by atoms with Gasteiger partial charge in [0.25, 0.3) is 11.8 Å². The van der Waals surface area contributed by atoms with Crippen LogP contribution in [0.2, 0.25) is 0 Å². The van der Waals surface area contributed by atoms with E-state index in [1.54, 1.807) is 44.9 Å². The lowest BCUT2D eigenvalue weighted by Crippen LogP contribution is -2.72. The highest BCUT2D eigenvalue weighted by atomic mass is 32.2. The quantitative estimate of drug-likeness (QED) is 0.0480. The van der Waals surface area contributed by atoms with Gasteiger partial charge in [0.2, 0.25) is 18.3 Å². The number of amides is 2. The number of carbonyl (C=O) groups excluding carboxylic acids is 4. The number of ether oxygens (including phenoxy) is 2. The Hall–Kier alpha value is -3.74. The van der Waals surface area contributed by atoms with Gasteiger partial charge < -0.3 is 31.5 Å². The minimum atomic E-state index is -1.02. The molecule has 44 heavy (non-hydrogen) atoms. The van der Waals surface area contributed by atoms with E-state index in [2.05, 4.69) is 24.8 Å². The zero-order chi connectivity index (χ0) is 32.0. The Morgan fingerprint density at radius 1 is 1.30 bits per heavy atom. The van der Waals surface area contributed by atoms with E-state index in [4.69, 9.17) is 20.9 Å². The molecule has 2 aliphatic rings. The second-order valence-corrected chi connectivity index (χ2v) is 13.6. The van der Waals surface area contributed by atoms with Gasteiger partial charge in [-0.25, -0.2) is 4.79 Å². The van der Waals surface area contributed by atoms with Crippen molar-refractivity contribution in [1.29, 1.82) is 0 Å². The van der Waals surface area contributed by atoms with E-state index >= 15 is 0 Å². The van der Waals surface area contributed by atoms with Crippen LogP contribution in [0.1, 0.15) is 45.0 Å². The standard InChI is InChI=1S/C26H32N8O7S3/c1-26(2,3)24(38)41-12-40-23(37)19-16(43-15-6-8-29-10-13(15)11-42-9-7-27)5-4-14-17(22(36)34(14)19)30-21(35)18(32-39)20-31-25(28)44-33-20/h6,8,10,14,17,39H,4-5,7,9,11-12,27H2,1-3H3,(H,30,35)(H2,28,31,33)/t14-,17+/m1/s1. The normalized spacial score (nSPS) is 18.4. The summed E-state index contributed by atoms with van der Waals surface area (Å²) in [7, 11) is 0. The number of nitrogens with zero attached hydrogens (tertiary/aromatic N) is 5. The Kier molecular flexibility index (Phi) is 10.8. The van der Waals surface area contributed by atoms with Crippen LogP contribution < -0.4 is 16.8 Å². The molecule has 0 spiro atoms. The van der Waals surface area contributed by atoms with E-state index in [0.29, 0.717) is 30.0 Å². The van der Waals surface area contributed by atoms with Crippen LogP contribution in [0.5, 0.6) is 0 Å². The number of hydrogen-bond acceptors (Lipinski definition) is 16. The molecule has 2 aliphatic heterocycles. The summed E-state index contributed by atoms with van der Waals surface area (Å²) in [6, 6.07) is 0.208. The Morgan fingerprint density at radius 2 is 2.07 bits per heavy atom. The molecule has 2 aromatic heterocycles. The summed E-state index contributed by atoms with van der Waals surface area (Å²) in [4.78, 5) is 62.8. The van der Waals surface area contributed by atoms with E-state index in [-0.39, 0.29) is 16.7 Å². The van der Waals surface area contributed by atoms with Crippen molar-refractivity contribution in [2.45, 2.75) is 56.3 Å². The maximum Gasteiger partial charge on any atom is 0.358 e. The van der Waals surface area contributed by atoms with Gasteiger partial charge in [-0.3, -0.25) is 24.3 Å². The summed E-state index contributed by atoms with van der Waals surface area (Å²) in [5.41, 5.74) is 10.8. The number of oxime groups is 1. The number of aromatic nitrogens is 3. The Labute approximate surface area is 265 Å². The van der Waals surface area contributed by atoms with Gasteiger partial charge >= 0.3 is 11.9 Å². The van der Waals surface area contributed by atoms with E-state index in [1.165, 1.54) is 16.7 Å². The molecule has 4 heterocycles. The second kappa shape index (κ2) is 14.4. The van der Waals surface area contributed by atoms with Crippen LogP contribution in [0.25, 0.3) is 0 Å². The van der Waals surface area contributed by atoms with E-state index in [9.17, 15) is 24.4 Å². The number of hydrogen-bond donors (Lipinski definition) is 4. The van der Waals surface area contributed by atoms with Crippen molar-refractivity contribution in [2.24, 2.45) is 16.3 Å². The van der Waals surface area contributed by atoms with E-state index < -0.39 is 53.8 Å². The van der Waals surface area contributed by atoms with Crippen LogP contribution in [0, 0.1) is 5.41 Å². The molecule has 6 N–H and O–H groups in total. The number of rotatable bonds is 12. The molecule has 236 valence electrons. The fourth-order valence-electron chi connectivity index (χ4n) is 4.29. The van der Waals surface area contributed by atoms with Crippen LogP contribution in [-0.4, -0.2) is 85.1 Å². The SMILES string of the molecule is CC(C)(C)C(=O)OCOC(=O)C1=C(Sc2ccncc2CSCCN)CC[C@@H]2[C@H](NC(=O)C(=NO)c3nsc(N)n3)C(=O)N12. The first-order valence-corrected chi connectivity index (χ1v) is 16.1. The van der Waals surface area contributed by atoms with Gasteiger partial charge in [0, 0.05) is 51.8 Å². The molecule has 0 bridgehead atoms. The first-order chi connectivity index (χ1) is 21.0. The van der Waals surface area contributed by atoms with Crippen molar-refractivity contribution in [1.82, 2.24) is 24.6 Å². The highest BCUT2D eigenvalue weighted by Crippen LogP contribution is 2.44. The number of nitrogen functional groups attached to an aromatic ring is 1. The number of allylic oxidation sites excluding steroid dienone is 1. The largest absolute Gasteiger partial charge is 0.427 e. The number of nitrogens with two attached hydrogens (primary N) is 2. The number of carbonyl (C=O) groups is 4. The molecule has 18 heteroatoms. The topological polar surface area (TPSA) is 225 Å². The summed E-state index contributed by atoms with van der Waals surface area (Å²) < 4.78 is 14.3. The van der Waals surface area contributed by atoms with Gasteiger partial charge in [-0.2, -0.15) is 21.1 Å². The number of anilines is 1. The summed E-state index contributed by atoms with van der Waals surface area (Å²) in [5.74, 6) is -1.66. The monoisotopic (exact) mass is 664 g/mol. The molecule has 0 saturated carbocycles. The van der Waals surface area contributed by atoms with Crippen molar-refractivity contribution in [3.8, 4) is 0 Å². The third-order valence-corrected chi connectivity index (χ3v) is 9.29. The summed E-state index contributed by atoms with van der Waals surface area (Å²) >= 11 is 3.78. The molecule has 2 amide bonds. The lowest BCUT2D eigenvalue weighted by molar-refractivity contribution is -0.174. The number of fused-ring (bicyclic) bond motifs is 1. The molecule has 0 radical (unpaired) electrons. The first-order valence-electron chi connectivity index (χ1n) is 13.4. The van der Waals surface area contributed by atoms with Gasteiger partial charge in [0.05, 0.1) is 11.5 Å². The molecule has 1 saturated heterocycles. The number of esters is 2. The summed E-state index contributed by atoms with van der Waals surface area (Å²) in [5, 5.41) is 15.0. The van der Waals surface area contributed by atoms with Crippen LogP contribution >= 0.6 is 35.1 Å². The minimum Gasteiger partial charge on any atom is -0.427 e. The van der Waals surface area contributed by atoms with Gasteiger partial charge in [-0.05, 0) is 45.2 Å². The number of nitrogens with one attached hydrogen (secondary N) is 1. The molecule has 1 fully saturated rings. The maximum atomic E-state index is 13.5. The van der Waals surface area contributed by atoms with Crippen LogP contribution in [-0.2, 0) is 34.4 Å². The van der Waals surface area contributed by atoms with Crippen molar-refractivity contribution < 1.29 is 33.9 Å². The van der Waals surface area contributed by atoms with Gasteiger partial charge in [-0.1, -0.05) is 16.9 Å². The van der Waals surface area contributed by atoms with Crippen LogP contribution in [0.3, 0.4) is 0 Å². The van der Waals surface area contributed by atoms with Gasteiger partial charge in [0.15, 0.2) is 5.13 Å². The number of thioether (sulfide) groups is 2. The Morgan fingerprint density at radius 3 is 2.73 bits per heavy atom. The van der Waals surface area contributed by atoms with Crippen molar-refractivity contribution in [2.75, 3.05) is 24.8 Å². The molecule has 4 rings (SSSR count). The van der Waals surface area contributed by atoms with Crippen molar-refractivity contribution in [3.05, 3.63) is 40.5 Å². The first kappa shape index (κ1) is 33.2. The highest BCUT2D eigenvalue weighted by molar-refractivity contribution is 8.03. The lowest BCUT2D eigenvalue weighted by atomic mass is 9.86. The van der Waals surface area contributed by atoms with E-state index in [0.717, 1.165) is 27.7 Å². The summed E-state index contributed by atoms with van der Waals surface area (Å²) in [6.45, 7) is 4.89. The average molecular weight is 665 g/mol. The smallest absolute Gasteiger partial charge is 0.358 e. The second-order valence-electron chi connectivity index (χ2n) is 10.6. The molecular formula is C26H32N8O7S3. The Balaban J connectivity index is 1.57. The average Bonchev–Trinajstić information content (AvgIpc) is 3.41. The van der Waals surface area contributed by atoms with Crippen LogP contribution in [0.15, 0.2) is 39.1 Å². The lowest BCUT2D eigenvalue weighted by Gasteiger charge is -2.50. The molecule has 2 atom stereocenters. The van der Waals surface area contributed by atoms with Crippen molar-refractivity contribution >= 4 is 69.7 Å². The maximum absolute atomic E-state index is 13.5. The predicted octanol–water partition coefficient (Wildman–Crippen LogP) is 1.47. The number of β-lactam (4-membered cyclic amide) rings is 1. The third kappa shape index (κ3) is 7.48. The molecule has 0 aliphatic carbocycles. The predicted molar refractivity (Wildman–Crippen MR) is 163 cm³/mol. The fourth-order valence-corrected chi connectivity index (χ4v) is 6.73. The number of pyridine rings is 1. The van der Waals surface area contributed by atoms with E-state index in [1.807, 2.05) is 6.07 Å². The Bertz CT molecular complexity index is 1490. The molecule has 2 aromatic rings. The van der Waals surface area contributed by atoms with Crippen LogP contribution in [0.4, 0.5) is 5.13 Å². The minimum absolute atomic E-state index is 0.00378. The zero-order valence-electron chi connectivity index (χ0n) is 24.1. The third-order valence-electron chi connectivity index (χ3n) is 6.44. The van der Waals surface area contributed by atoms with Gasteiger partial charge in [-0.15, -0.1) is 0 Å². The molecule has 0 aromatic carbocycles. The molecule has 15 nitrogen and oxygen atoms in total. The highest BCUT2D eigenvalue weighted by Gasteiger charge is 2.54. The van der Waals surface area contributed by atoms with Gasteiger partial charge in [0.1, 0.15) is 11.7 Å². The molecular weight excluding hydrogens is 633 g/mol. The zero-order valence-corrected chi connectivity index (χ0v) is 26.6. The summed E-state index contributed by atoms with van der Waals surface area (Å²) in [6.07, 6.45) is 4.17. The molecule has 0 unspecified atom stereocenters.